The molecule has 0 saturated heterocycles. The van der Waals surface area contributed by atoms with Crippen LogP contribution in [0.2, 0.25) is 5.02 Å². The van der Waals surface area contributed by atoms with E-state index in [1.165, 1.54) is 12.4 Å². The number of pyridine rings is 1. The van der Waals surface area contributed by atoms with Crippen LogP contribution >= 0.6 is 23.1 Å². The largest absolute Gasteiger partial charge is 0.370 e. The second-order valence-corrected chi connectivity index (χ2v) is 4.51. The molecule has 18 heavy (non-hydrogen) atoms. The summed E-state index contributed by atoms with van der Waals surface area (Å²) in [7, 11) is 0. The maximum Gasteiger partial charge on any atom is 0.258 e. The molecule has 0 aliphatic heterocycles. The van der Waals surface area contributed by atoms with Gasteiger partial charge in [-0.2, -0.15) is 0 Å². The molecule has 2 N–H and O–H groups in total. The second kappa shape index (κ2) is 5.74. The Morgan fingerprint density at radius 2 is 2.33 bits per heavy atom. The number of hydrogen-bond donors (Lipinski definition) is 2. The van der Waals surface area contributed by atoms with Crippen LogP contribution in [0.3, 0.4) is 0 Å². The SMILES string of the molecule is CCNc1cc(C(=O)Nc2cnns2)c(Cl)cn1. The minimum atomic E-state index is -0.312. The smallest absolute Gasteiger partial charge is 0.258 e. The first-order valence-corrected chi connectivity index (χ1v) is 6.34. The summed E-state index contributed by atoms with van der Waals surface area (Å²) in [5.74, 6) is 0.294. The number of amides is 1. The van der Waals surface area contributed by atoms with Crippen LogP contribution < -0.4 is 10.6 Å². The summed E-state index contributed by atoms with van der Waals surface area (Å²) >= 11 is 7.05. The Balaban J connectivity index is 2.20. The summed E-state index contributed by atoms with van der Waals surface area (Å²) < 4.78 is 3.66. The zero-order valence-electron chi connectivity index (χ0n) is 9.48. The first-order chi connectivity index (χ1) is 8.70. The molecule has 0 unspecified atom stereocenters. The second-order valence-electron chi connectivity index (χ2n) is 3.32. The van der Waals surface area contributed by atoms with E-state index < -0.39 is 0 Å². The van der Waals surface area contributed by atoms with E-state index in [4.69, 9.17) is 11.6 Å². The van der Waals surface area contributed by atoms with Crippen molar-refractivity contribution in [3.8, 4) is 0 Å². The fourth-order valence-corrected chi connectivity index (χ4v) is 1.90. The lowest BCUT2D eigenvalue weighted by Crippen LogP contribution is -2.12. The zero-order valence-corrected chi connectivity index (χ0v) is 11.0. The third-order valence-electron chi connectivity index (χ3n) is 2.06. The van der Waals surface area contributed by atoms with Crippen molar-refractivity contribution in [1.29, 1.82) is 0 Å². The van der Waals surface area contributed by atoms with Crippen molar-refractivity contribution in [3.63, 3.8) is 0 Å². The van der Waals surface area contributed by atoms with Crippen molar-refractivity contribution in [3.05, 3.63) is 29.0 Å². The van der Waals surface area contributed by atoms with Crippen molar-refractivity contribution in [2.24, 2.45) is 0 Å². The van der Waals surface area contributed by atoms with Crippen molar-refractivity contribution in [2.75, 3.05) is 17.2 Å². The number of nitrogens with zero attached hydrogens (tertiary/aromatic N) is 3. The van der Waals surface area contributed by atoms with E-state index in [9.17, 15) is 4.79 Å². The molecule has 0 bridgehead atoms. The number of nitrogens with one attached hydrogen (secondary N) is 2. The lowest BCUT2D eigenvalue weighted by molar-refractivity contribution is 0.102. The molecule has 6 nitrogen and oxygen atoms in total. The van der Waals surface area contributed by atoms with E-state index in [0.29, 0.717) is 27.9 Å². The standard InChI is InChI=1S/C10H10ClN5OS/c1-2-12-8-3-6(7(11)4-13-8)10(17)15-9-5-14-16-18-9/h3-5H,2H2,1H3,(H,12,13)(H,15,17). The van der Waals surface area contributed by atoms with Gasteiger partial charge in [-0.15, -0.1) is 5.10 Å². The first-order valence-electron chi connectivity index (χ1n) is 5.19. The summed E-state index contributed by atoms with van der Waals surface area (Å²) in [6.07, 6.45) is 2.92. The highest BCUT2D eigenvalue weighted by Gasteiger charge is 2.13. The molecule has 1 amide bonds. The maximum absolute atomic E-state index is 12.0. The Labute approximate surface area is 113 Å². The van der Waals surface area contributed by atoms with Crippen molar-refractivity contribution < 1.29 is 4.79 Å². The topological polar surface area (TPSA) is 79.8 Å². The molecule has 0 spiro atoms. The number of carbonyl (C=O) groups excluding carboxylic acids is 1. The lowest BCUT2D eigenvalue weighted by atomic mass is 10.2. The number of aromatic nitrogens is 3. The molecular weight excluding hydrogens is 274 g/mol. The van der Waals surface area contributed by atoms with Crippen LogP contribution in [0.5, 0.6) is 0 Å². The number of rotatable bonds is 4. The monoisotopic (exact) mass is 283 g/mol. The Morgan fingerprint density at radius 3 is 3.00 bits per heavy atom. The van der Waals surface area contributed by atoms with Gasteiger partial charge in [0.05, 0.1) is 16.8 Å². The van der Waals surface area contributed by atoms with Gasteiger partial charge >= 0.3 is 0 Å². The third-order valence-corrected chi connectivity index (χ3v) is 2.94. The summed E-state index contributed by atoms with van der Waals surface area (Å²) in [6.45, 7) is 2.66. The predicted octanol–water partition coefficient (Wildman–Crippen LogP) is 2.27. The molecular formula is C10H10ClN5OS. The predicted molar refractivity (Wildman–Crippen MR) is 71.3 cm³/mol. The zero-order chi connectivity index (χ0) is 13.0. The van der Waals surface area contributed by atoms with Gasteiger partial charge < -0.3 is 10.6 Å². The molecule has 0 saturated carbocycles. The lowest BCUT2D eigenvalue weighted by Gasteiger charge is -2.07. The summed E-state index contributed by atoms with van der Waals surface area (Å²) in [4.78, 5) is 16.1. The Morgan fingerprint density at radius 1 is 1.50 bits per heavy atom. The fourth-order valence-electron chi connectivity index (χ4n) is 1.29. The Bertz CT molecular complexity index is 545. The van der Waals surface area contributed by atoms with Gasteiger partial charge in [0.15, 0.2) is 0 Å². The number of halogens is 1. The van der Waals surface area contributed by atoms with Gasteiger partial charge in [-0.05, 0) is 13.0 Å². The molecule has 2 rings (SSSR count). The average molecular weight is 284 g/mol. The number of hydrogen-bond acceptors (Lipinski definition) is 6. The van der Waals surface area contributed by atoms with Gasteiger partial charge in [0.2, 0.25) is 0 Å². The molecule has 0 aromatic carbocycles. The Hall–Kier alpha value is -1.73. The van der Waals surface area contributed by atoms with Gasteiger partial charge in [-0.25, -0.2) is 4.98 Å². The highest BCUT2D eigenvalue weighted by molar-refractivity contribution is 7.10. The molecule has 0 atom stereocenters. The molecule has 94 valence electrons. The maximum atomic E-state index is 12.0. The van der Waals surface area contributed by atoms with E-state index in [2.05, 4.69) is 25.2 Å². The normalized spacial score (nSPS) is 10.1. The summed E-state index contributed by atoms with van der Waals surface area (Å²) in [5, 5.41) is 10.2. The van der Waals surface area contributed by atoms with Gasteiger partial charge in [0.25, 0.3) is 5.91 Å². The van der Waals surface area contributed by atoms with E-state index in [1.807, 2.05) is 6.92 Å². The van der Waals surface area contributed by atoms with Crippen LogP contribution in [0.4, 0.5) is 10.8 Å². The molecule has 0 aliphatic carbocycles. The summed E-state index contributed by atoms with van der Waals surface area (Å²) in [6, 6.07) is 1.61. The molecule has 2 aromatic heterocycles. The van der Waals surface area contributed by atoms with Crippen LogP contribution in [0.25, 0.3) is 0 Å². The molecule has 2 aromatic rings. The van der Waals surface area contributed by atoms with E-state index in [-0.39, 0.29) is 5.91 Å². The third kappa shape index (κ3) is 2.93. The fraction of sp³-hybridized carbons (Fsp3) is 0.200. The first kappa shape index (κ1) is 12.7. The molecule has 0 fully saturated rings. The van der Waals surface area contributed by atoms with Crippen LogP contribution in [-0.4, -0.2) is 27.0 Å². The highest BCUT2D eigenvalue weighted by Crippen LogP contribution is 2.20. The van der Waals surface area contributed by atoms with E-state index in [1.54, 1.807) is 6.07 Å². The van der Waals surface area contributed by atoms with Crippen molar-refractivity contribution in [1.82, 2.24) is 14.6 Å². The van der Waals surface area contributed by atoms with E-state index >= 15 is 0 Å². The molecule has 2 heterocycles. The molecule has 0 radical (unpaired) electrons. The molecule has 8 heteroatoms. The number of anilines is 2. The van der Waals surface area contributed by atoms with Gasteiger partial charge in [0, 0.05) is 24.3 Å². The van der Waals surface area contributed by atoms with E-state index in [0.717, 1.165) is 11.5 Å². The molecule has 0 aliphatic rings. The van der Waals surface area contributed by atoms with Gasteiger partial charge in [-0.1, -0.05) is 16.1 Å². The summed E-state index contributed by atoms with van der Waals surface area (Å²) in [5.41, 5.74) is 0.357. The average Bonchev–Trinajstić information content (AvgIpc) is 2.84. The minimum absolute atomic E-state index is 0.298. The van der Waals surface area contributed by atoms with Crippen LogP contribution in [0.1, 0.15) is 17.3 Å². The number of carbonyl (C=O) groups is 1. The quantitative estimate of drug-likeness (QED) is 0.900. The van der Waals surface area contributed by atoms with Crippen molar-refractivity contribution in [2.45, 2.75) is 6.92 Å². The van der Waals surface area contributed by atoms with Gasteiger partial charge in [-0.3, -0.25) is 4.79 Å². The van der Waals surface area contributed by atoms with Crippen LogP contribution in [0, 0.1) is 0 Å². The van der Waals surface area contributed by atoms with Crippen LogP contribution in [-0.2, 0) is 0 Å². The highest BCUT2D eigenvalue weighted by atomic mass is 35.5. The van der Waals surface area contributed by atoms with Gasteiger partial charge in [0.1, 0.15) is 10.8 Å². The minimum Gasteiger partial charge on any atom is -0.370 e. The Kier molecular flexibility index (Phi) is 4.06. The van der Waals surface area contributed by atoms with Crippen LogP contribution in [0.15, 0.2) is 18.5 Å². The van der Waals surface area contributed by atoms with Crippen molar-refractivity contribution >= 4 is 39.9 Å².